The number of piperazine rings is 1. The van der Waals surface area contributed by atoms with Crippen LogP contribution in [0.25, 0.3) is 11.1 Å². The van der Waals surface area contributed by atoms with Crippen molar-refractivity contribution in [3.05, 3.63) is 106 Å². The van der Waals surface area contributed by atoms with E-state index < -0.39 is 0 Å². The monoisotopic (exact) mass is 563 g/mol. The van der Waals surface area contributed by atoms with Crippen LogP contribution in [0.4, 0.5) is 5.69 Å². The number of benzene rings is 3. The molecule has 216 valence electrons. The van der Waals surface area contributed by atoms with Crippen LogP contribution < -0.4 is 15.2 Å². The van der Waals surface area contributed by atoms with Gasteiger partial charge in [-0.05, 0) is 41.3 Å². The summed E-state index contributed by atoms with van der Waals surface area (Å²) in [5, 5.41) is 9.47. The Morgan fingerprint density at radius 3 is 2.33 bits per heavy atom. The number of para-hydroxylation sites is 2. The van der Waals surface area contributed by atoms with Crippen molar-refractivity contribution in [1.29, 1.82) is 5.26 Å². The molecule has 0 radical (unpaired) electrons. The first-order chi connectivity index (χ1) is 20.4. The van der Waals surface area contributed by atoms with Crippen LogP contribution >= 0.6 is 0 Å². The zero-order valence-corrected chi connectivity index (χ0v) is 24.5. The lowest BCUT2D eigenvalue weighted by atomic mass is 9.97. The van der Waals surface area contributed by atoms with E-state index in [1.807, 2.05) is 82.4 Å². The van der Waals surface area contributed by atoms with Gasteiger partial charge in [0.2, 0.25) is 5.91 Å². The smallest absolute Gasteiger partial charge is 0.270 e. The summed E-state index contributed by atoms with van der Waals surface area (Å²) in [5.41, 5.74) is 6.13. The topological polar surface area (TPSA) is 83.5 Å². The quantitative estimate of drug-likeness (QED) is 0.297. The van der Waals surface area contributed by atoms with Crippen LogP contribution in [0.3, 0.4) is 0 Å². The molecule has 1 aliphatic rings. The zero-order valence-electron chi connectivity index (χ0n) is 24.5. The van der Waals surface area contributed by atoms with E-state index in [4.69, 9.17) is 4.74 Å². The van der Waals surface area contributed by atoms with Crippen molar-refractivity contribution >= 4 is 11.6 Å². The molecule has 8 nitrogen and oxygen atoms in total. The van der Waals surface area contributed by atoms with Gasteiger partial charge in [0.15, 0.2) is 0 Å². The molecule has 42 heavy (non-hydrogen) atoms. The van der Waals surface area contributed by atoms with Gasteiger partial charge in [-0.1, -0.05) is 67.9 Å². The fourth-order valence-corrected chi connectivity index (χ4v) is 5.82. The summed E-state index contributed by atoms with van der Waals surface area (Å²) in [6.07, 6.45) is 2.07. The minimum Gasteiger partial charge on any atom is -0.495 e. The van der Waals surface area contributed by atoms with Crippen LogP contribution in [-0.4, -0.2) is 53.5 Å². The van der Waals surface area contributed by atoms with Crippen molar-refractivity contribution in [3.63, 3.8) is 0 Å². The lowest BCUT2D eigenvalue weighted by Crippen LogP contribution is -2.50. The second kappa shape index (κ2) is 12.8. The highest BCUT2D eigenvalue weighted by atomic mass is 16.5. The number of aromatic nitrogens is 2. The first kappa shape index (κ1) is 28.7. The van der Waals surface area contributed by atoms with E-state index in [1.165, 1.54) is 0 Å². The number of carbonyl (C=O) groups is 1. The van der Waals surface area contributed by atoms with Gasteiger partial charge in [-0.25, -0.2) is 0 Å². The Hall–Kier alpha value is -4.77. The molecule has 1 aliphatic heterocycles. The van der Waals surface area contributed by atoms with Gasteiger partial charge in [0.05, 0.1) is 24.4 Å². The van der Waals surface area contributed by atoms with Crippen LogP contribution in [-0.2, 0) is 31.2 Å². The predicted molar refractivity (Wildman–Crippen MR) is 165 cm³/mol. The molecule has 1 fully saturated rings. The normalized spacial score (nSPS) is 13.2. The molecular formula is C34H37N5O3. The second-order valence-electron chi connectivity index (χ2n) is 10.6. The van der Waals surface area contributed by atoms with Gasteiger partial charge in [0, 0.05) is 50.9 Å². The first-order valence-corrected chi connectivity index (χ1v) is 14.5. The molecule has 0 aliphatic carbocycles. The number of amides is 1. The molecule has 5 rings (SSSR count). The largest absolute Gasteiger partial charge is 0.495 e. The Balaban J connectivity index is 1.31. The van der Waals surface area contributed by atoms with Crippen molar-refractivity contribution in [3.8, 4) is 22.9 Å². The van der Waals surface area contributed by atoms with Crippen molar-refractivity contribution in [2.75, 3.05) is 38.2 Å². The van der Waals surface area contributed by atoms with Crippen LogP contribution in [0.15, 0.2) is 77.6 Å². The average Bonchev–Trinajstić information content (AvgIpc) is 3.25. The fourth-order valence-electron chi connectivity index (χ4n) is 5.82. The molecule has 1 saturated heterocycles. The van der Waals surface area contributed by atoms with Crippen LogP contribution in [0, 0.1) is 11.3 Å². The van der Waals surface area contributed by atoms with E-state index in [0.29, 0.717) is 31.5 Å². The molecule has 0 atom stereocenters. The molecule has 2 heterocycles. The molecule has 4 aromatic rings. The van der Waals surface area contributed by atoms with Crippen molar-refractivity contribution in [1.82, 2.24) is 14.3 Å². The van der Waals surface area contributed by atoms with Gasteiger partial charge in [-0.2, -0.15) is 5.26 Å². The molecule has 0 unspecified atom stereocenters. The van der Waals surface area contributed by atoms with Gasteiger partial charge in [0.25, 0.3) is 5.56 Å². The number of ether oxygens (including phenoxy) is 1. The maximum absolute atomic E-state index is 13.5. The molecule has 1 amide bonds. The minimum absolute atomic E-state index is 0.0182. The first-order valence-electron chi connectivity index (χ1n) is 14.5. The van der Waals surface area contributed by atoms with Crippen LogP contribution in [0.2, 0.25) is 0 Å². The molecule has 8 heteroatoms. The highest BCUT2D eigenvalue weighted by Gasteiger charge is 2.25. The maximum atomic E-state index is 13.5. The average molecular weight is 564 g/mol. The van der Waals surface area contributed by atoms with Gasteiger partial charge in [-0.3, -0.25) is 19.0 Å². The number of nitrogens with zero attached hydrogens (tertiary/aromatic N) is 5. The Kier molecular flexibility index (Phi) is 8.77. The summed E-state index contributed by atoms with van der Waals surface area (Å²) in [7, 11) is 3.42. The summed E-state index contributed by atoms with van der Waals surface area (Å²) in [4.78, 5) is 31.1. The van der Waals surface area contributed by atoms with E-state index >= 15 is 0 Å². The van der Waals surface area contributed by atoms with Crippen LogP contribution in [0.5, 0.6) is 5.75 Å². The molecule has 0 N–H and O–H groups in total. The highest BCUT2D eigenvalue weighted by Crippen LogP contribution is 2.28. The van der Waals surface area contributed by atoms with E-state index in [-0.39, 0.29) is 18.0 Å². The third kappa shape index (κ3) is 5.82. The second-order valence-corrected chi connectivity index (χ2v) is 10.6. The summed E-state index contributed by atoms with van der Waals surface area (Å²) >= 11 is 0. The predicted octanol–water partition coefficient (Wildman–Crippen LogP) is 4.63. The van der Waals surface area contributed by atoms with Crippen molar-refractivity contribution in [2.24, 2.45) is 7.05 Å². The third-order valence-electron chi connectivity index (χ3n) is 8.10. The van der Waals surface area contributed by atoms with E-state index in [9.17, 15) is 14.9 Å². The lowest BCUT2D eigenvalue weighted by molar-refractivity contribution is -0.132. The maximum Gasteiger partial charge on any atom is 0.270 e. The van der Waals surface area contributed by atoms with E-state index in [0.717, 1.165) is 58.9 Å². The summed E-state index contributed by atoms with van der Waals surface area (Å²) in [5.74, 6) is 0.850. The molecular weight excluding hydrogens is 526 g/mol. The zero-order chi connectivity index (χ0) is 29.6. The number of nitriles is 1. The summed E-state index contributed by atoms with van der Waals surface area (Å²) < 4.78 is 8.99. The summed E-state index contributed by atoms with van der Waals surface area (Å²) in [6.45, 7) is 4.90. The third-order valence-corrected chi connectivity index (χ3v) is 8.10. The minimum atomic E-state index is -0.0638. The van der Waals surface area contributed by atoms with Gasteiger partial charge < -0.3 is 14.5 Å². The molecule has 0 spiro atoms. The lowest BCUT2D eigenvalue weighted by Gasteiger charge is -2.36. The molecule has 3 aromatic carbocycles. The number of hydrogen-bond donors (Lipinski definition) is 0. The van der Waals surface area contributed by atoms with Gasteiger partial charge in [0.1, 0.15) is 12.3 Å². The standard InChI is InChI=1S/C34H37N5O3/c1-4-9-30-29(22-25-14-16-26(17-15-25)28-11-6-5-10-27(28)23-35)34(41)36(2)39(30)24-33(40)38-20-18-37(19-21-38)31-12-7-8-13-32(31)42-3/h5-8,10-17H,4,9,18-22,24H2,1-3H3. The highest BCUT2D eigenvalue weighted by molar-refractivity contribution is 5.76. The van der Waals surface area contributed by atoms with E-state index in [1.54, 1.807) is 18.8 Å². The molecule has 0 bridgehead atoms. The number of hydrogen-bond acceptors (Lipinski definition) is 5. The Morgan fingerprint density at radius 2 is 1.64 bits per heavy atom. The Labute approximate surface area is 247 Å². The van der Waals surface area contributed by atoms with Crippen LogP contribution in [0.1, 0.15) is 35.7 Å². The van der Waals surface area contributed by atoms with Gasteiger partial charge in [-0.15, -0.1) is 0 Å². The SMILES string of the molecule is CCCc1c(Cc2ccc(-c3ccccc3C#N)cc2)c(=O)n(C)n1CC(=O)N1CCN(c2ccccc2OC)CC1. The number of carbonyl (C=O) groups excluding carboxylic acids is 1. The van der Waals surface area contributed by atoms with Crippen molar-refractivity contribution < 1.29 is 9.53 Å². The van der Waals surface area contributed by atoms with E-state index in [2.05, 4.69) is 17.9 Å². The molecule has 0 saturated carbocycles. The Bertz CT molecular complexity index is 1650. The number of methoxy groups -OCH3 is 1. The number of rotatable bonds is 9. The molecule has 1 aromatic heterocycles. The van der Waals surface area contributed by atoms with Gasteiger partial charge >= 0.3 is 0 Å². The van der Waals surface area contributed by atoms with Crippen molar-refractivity contribution in [2.45, 2.75) is 32.7 Å². The Morgan fingerprint density at radius 1 is 0.952 bits per heavy atom. The number of anilines is 1. The fraction of sp³-hybridized carbons (Fsp3) is 0.324. The summed E-state index contributed by atoms with van der Waals surface area (Å²) in [6, 6.07) is 25.8.